The van der Waals surface area contributed by atoms with E-state index in [9.17, 15) is 18.0 Å². The van der Waals surface area contributed by atoms with Gasteiger partial charge in [0.2, 0.25) is 0 Å². The van der Waals surface area contributed by atoms with E-state index in [0.29, 0.717) is 0 Å². The summed E-state index contributed by atoms with van der Waals surface area (Å²) in [6, 6.07) is 0. The molecule has 11 heavy (non-hydrogen) atoms. The summed E-state index contributed by atoms with van der Waals surface area (Å²) < 4.78 is 34.8. The Bertz CT molecular complexity index is 141. The van der Waals surface area contributed by atoms with Crippen molar-refractivity contribution in [1.82, 2.24) is 0 Å². The topological polar surface area (TPSA) is 37.3 Å². The van der Waals surface area contributed by atoms with E-state index in [4.69, 9.17) is 5.11 Å². The standard InChI is InChI=1S/C6H9F3O2/c1-2-4(5(10)11)3-6(7,8)9/h4H,2-3H2,1H3,(H,10,11). The molecule has 0 radical (unpaired) electrons. The SMILES string of the molecule is CCC(CC(F)(F)F)C(=O)O. The van der Waals surface area contributed by atoms with Crippen molar-refractivity contribution in [2.75, 3.05) is 0 Å². The van der Waals surface area contributed by atoms with Crippen LogP contribution in [-0.2, 0) is 4.79 Å². The Balaban J connectivity index is 3.99. The second-order valence-corrected chi connectivity index (χ2v) is 2.26. The van der Waals surface area contributed by atoms with Crippen LogP contribution in [0.2, 0.25) is 0 Å². The van der Waals surface area contributed by atoms with Crippen LogP contribution in [0.5, 0.6) is 0 Å². The molecule has 0 aliphatic rings. The Morgan fingerprint density at radius 1 is 1.55 bits per heavy atom. The fourth-order valence-corrected chi connectivity index (χ4v) is 0.686. The predicted molar refractivity (Wildman–Crippen MR) is 32.1 cm³/mol. The second kappa shape index (κ2) is 3.59. The summed E-state index contributed by atoms with van der Waals surface area (Å²) >= 11 is 0. The summed E-state index contributed by atoms with van der Waals surface area (Å²) in [6.45, 7) is 1.42. The highest BCUT2D eigenvalue weighted by atomic mass is 19.4. The molecular formula is C6H9F3O2. The highest BCUT2D eigenvalue weighted by Gasteiger charge is 2.34. The first kappa shape index (κ1) is 10.3. The molecule has 0 heterocycles. The van der Waals surface area contributed by atoms with Gasteiger partial charge in [-0.2, -0.15) is 13.2 Å². The summed E-state index contributed by atoms with van der Waals surface area (Å²) in [5.41, 5.74) is 0. The van der Waals surface area contributed by atoms with Crippen LogP contribution in [-0.4, -0.2) is 17.3 Å². The Morgan fingerprint density at radius 2 is 2.00 bits per heavy atom. The number of aliphatic carboxylic acids is 1. The van der Waals surface area contributed by atoms with Gasteiger partial charge in [0.25, 0.3) is 0 Å². The lowest BCUT2D eigenvalue weighted by molar-refractivity contribution is -0.163. The molecule has 1 unspecified atom stereocenters. The Kier molecular flexibility index (Phi) is 3.35. The lowest BCUT2D eigenvalue weighted by atomic mass is 10.0. The molecule has 0 saturated heterocycles. The minimum absolute atomic E-state index is 0.00877. The molecule has 0 spiro atoms. The average molecular weight is 170 g/mol. The largest absolute Gasteiger partial charge is 0.481 e. The average Bonchev–Trinajstić information content (AvgIpc) is 1.80. The van der Waals surface area contributed by atoms with Crippen molar-refractivity contribution in [2.24, 2.45) is 5.92 Å². The zero-order valence-corrected chi connectivity index (χ0v) is 5.98. The third kappa shape index (κ3) is 4.64. The quantitative estimate of drug-likeness (QED) is 0.703. The summed E-state index contributed by atoms with van der Waals surface area (Å²) in [5, 5.41) is 8.24. The van der Waals surface area contributed by atoms with E-state index < -0.39 is 24.5 Å². The first-order valence-electron chi connectivity index (χ1n) is 3.16. The van der Waals surface area contributed by atoms with Crippen LogP contribution in [0.4, 0.5) is 13.2 Å². The van der Waals surface area contributed by atoms with Crippen LogP contribution in [0.3, 0.4) is 0 Å². The molecule has 0 aliphatic heterocycles. The third-order valence-corrected chi connectivity index (χ3v) is 1.32. The molecular weight excluding hydrogens is 161 g/mol. The van der Waals surface area contributed by atoms with Crippen molar-refractivity contribution in [3.63, 3.8) is 0 Å². The number of alkyl halides is 3. The fourth-order valence-electron chi connectivity index (χ4n) is 0.686. The zero-order chi connectivity index (χ0) is 9.07. The molecule has 0 aromatic rings. The van der Waals surface area contributed by atoms with Gasteiger partial charge >= 0.3 is 12.1 Å². The minimum atomic E-state index is -4.38. The van der Waals surface area contributed by atoms with Gasteiger partial charge in [-0.1, -0.05) is 6.92 Å². The monoisotopic (exact) mass is 170 g/mol. The maximum absolute atomic E-state index is 11.6. The first-order chi connectivity index (χ1) is 4.87. The molecule has 0 aromatic carbocycles. The Morgan fingerprint density at radius 3 is 2.09 bits per heavy atom. The molecule has 1 N–H and O–H groups in total. The van der Waals surface area contributed by atoms with Gasteiger partial charge in [-0.3, -0.25) is 4.79 Å². The van der Waals surface area contributed by atoms with Gasteiger partial charge in [-0.15, -0.1) is 0 Å². The van der Waals surface area contributed by atoms with Crippen molar-refractivity contribution in [2.45, 2.75) is 25.9 Å². The summed E-state index contributed by atoms with van der Waals surface area (Å²) in [4.78, 5) is 10.1. The van der Waals surface area contributed by atoms with E-state index in [-0.39, 0.29) is 6.42 Å². The molecule has 0 bridgehead atoms. The first-order valence-corrected chi connectivity index (χ1v) is 3.16. The molecule has 0 aliphatic carbocycles. The van der Waals surface area contributed by atoms with Crippen LogP contribution in [0.25, 0.3) is 0 Å². The van der Waals surface area contributed by atoms with E-state index >= 15 is 0 Å². The van der Waals surface area contributed by atoms with E-state index in [1.165, 1.54) is 6.92 Å². The molecule has 66 valence electrons. The molecule has 0 aromatic heterocycles. The maximum atomic E-state index is 11.6. The second-order valence-electron chi connectivity index (χ2n) is 2.26. The number of carbonyl (C=O) groups is 1. The lowest BCUT2D eigenvalue weighted by Crippen LogP contribution is -2.21. The third-order valence-electron chi connectivity index (χ3n) is 1.32. The highest BCUT2D eigenvalue weighted by Crippen LogP contribution is 2.26. The molecule has 1 atom stereocenters. The number of hydrogen-bond donors (Lipinski definition) is 1. The summed E-state index contributed by atoms with van der Waals surface area (Å²) in [7, 11) is 0. The van der Waals surface area contributed by atoms with E-state index in [2.05, 4.69) is 0 Å². The van der Waals surface area contributed by atoms with Crippen LogP contribution >= 0.6 is 0 Å². The lowest BCUT2D eigenvalue weighted by Gasteiger charge is -2.11. The molecule has 5 heteroatoms. The number of carboxylic acids is 1. The normalized spacial score (nSPS) is 14.5. The van der Waals surface area contributed by atoms with Crippen LogP contribution in [0.1, 0.15) is 19.8 Å². The van der Waals surface area contributed by atoms with Crippen LogP contribution in [0.15, 0.2) is 0 Å². The zero-order valence-electron chi connectivity index (χ0n) is 5.98. The van der Waals surface area contributed by atoms with Gasteiger partial charge in [0, 0.05) is 0 Å². The fraction of sp³-hybridized carbons (Fsp3) is 0.833. The van der Waals surface area contributed by atoms with E-state index in [0.717, 1.165) is 0 Å². The van der Waals surface area contributed by atoms with Crippen LogP contribution < -0.4 is 0 Å². The molecule has 0 fully saturated rings. The van der Waals surface area contributed by atoms with Gasteiger partial charge < -0.3 is 5.11 Å². The summed E-state index contributed by atoms with van der Waals surface area (Å²) in [6.07, 6.45) is -5.60. The van der Waals surface area contributed by atoms with Gasteiger partial charge in [-0.25, -0.2) is 0 Å². The number of hydrogen-bond acceptors (Lipinski definition) is 1. The predicted octanol–water partition coefficient (Wildman–Crippen LogP) is 2.05. The molecule has 2 nitrogen and oxygen atoms in total. The van der Waals surface area contributed by atoms with E-state index in [1.807, 2.05) is 0 Å². The van der Waals surface area contributed by atoms with Crippen molar-refractivity contribution < 1.29 is 23.1 Å². The van der Waals surface area contributed by atoms with E-state index in [1.54, 1.807) is 0 Å². The molecule has 0 amide bonds. The minimum Gasteiger partial charge on any atom is -0.481 e. The number of rotatable bonds is 3. The van der Waals surface area contributed by atoms with Crippen molar-refractivity contribution in [1.29, 1.82) is 0 Å². The molecule has 0 rings (SSSR count). The van der Waals surface area contributed by atoms with Crippen molar-refractivity contribution in [3.05, 3.63) is 0 Å². The van der Waals surface area contributed by atoms with Crippen molar-refractivity contribution >= 4 is 5.97 Å². The maximum Gasteiger partial charge on any atom is 0.389 e. The van der Waals surface area contributed by atoms with Gasteiger partial charge in [0.15, 0.2) is 0 Å². The van der Waals surface area contributed by atoms with Crippen molar-refractivity contribution in [3.8, 4) is 0 Å². The summed E-state index contributed by atoms with van der Waals surface area (Å²) in [5.74, 6) is -2.68. The Hall–Kier alpha value is -0.740. The van der Waals surface area contributed by atoms with Crippen LogP contribution in [0, 0.1) is 5.92 Å². The smallest absolute Gasteiger partial charge is 0.389 e. The van der Waals surface area contributed by atoms with Gasteiger partial charge in [-0.05, 0) is 6.42 Å². The molecule has 0 saturated carbocycles. The Labute approximate surface area is 62.0 Å². The van der Waals surface area contributed by atoms with Gasteiger partial charge in [0.1, 0.15) is 0 Å². The van der Waals surface area contributed by atoms with Gasteiger partial charge in [0.05, 0.1) is 12.3 Å². The number of carboxylic acid groups (broad SMARTS) is 1. The highest BCUT2D eigenvalue weighted by molar-refractivity contribution is 5.69. The number of halogens is 3.